The van der Waals surface area contributed by atoms with Gasteiger partial charge in [0.1, 0.15) is 12.8 Å². The van der Waals surface area contributed by atoms with Crippen molar-refractivity contribution in [3.8, 4) is 22.8 Å². The Labute approximate surface area is 166 Å². The number of nitrogens with zero attached hydrogens (tertiary/aromatic N) is 1. The molecule has 2 heterocycles. The van der Waals surface area contributed by atoms with Gasteiger partial charge in [-0.1, -0.05) is 51.1 Å². The highest BCUT2D eigenvalue weighted by Crippen LogP contribution is 2.48. The molecule has 0 atom stereocenters. The summed E-state index contributed by atoms with van der Waals surface area (Å²) in [6, 6.07) is 17.5. The summed E-state index contributed by atoms with van der Waals surface area (Å²) in [5, 5.41) is 3.72. The van der Waals surface area contributed by atoms with Gasteiger partial charge in [-0.3, -0.25) is 0 Å². The SMILES string of the molecule is Cc1cc2cccc3c2c(c1C)-c1c(cc2c(C(C)(C)C)cccc2[n+]1C)O3. The molecule has 2 heteroatoms. The minimum Gasteiger partial charge on any atom is -0.450 e. The smallest absolute Gasteiger partial charge is 0.256 e. The van der Waals surface area contributed by atoms with Gasteiger partial charge in [0.2, 0.25) is 5.52 Å². The Morgan fingerprint density at radius 1 is 0.893 bits per heavy atom. The molecule has 0 spiro atoms. The molecule has 1 aliphatic rings. The number of pyridine rings is 1. The Morgan fingerprint density at radius 3 is 2.39 bits per heavy atom. The summed E-state index contributed by atoms with van der Waals surface area (Å²) in [6.07, 6.45) is 0. The van der Waals surface area contributed by atoms with Gasteiger partial charge in [0, 0.05) is 17.5 Å². The van der Waals surface area contributed by atoms with Gasteiger partial charge in [-0.25, -0.2) is 0 Å². The van der Waals surface area contributed by atoms with Crippen LogP contribution < -0.4 is 9.30 Å². The largest absolute Gasteiger partial charge is 0.450 e. The normalized spacial score (nSPS) is 12.9. The van der Waals surface area contributed by atoms with E-state index in [0.29, 0.717) is 0 Å². The van der Waals surface area contributed by atoms with Crippen LogP contribution in [0.25, 0.3) is 32.9 Å². The van der Waals surface area contributed by atoms with Gasteiger partial charge in [0.15, 0.2) is 5.75 Å². The third-order valence-electron chi connectivity index (χ3n) is 6.20. The first kappa shape index (κ1) is 17.2. The molecular weight excluding hydrogens is 342 g/mol. The third-order valence-corrected chi connectivity index (χ3v) is 6.20. The second kappa shape index (κ2) is 5.57. The predicted molar refractivity (Wildman–Crippen MR) is 116 cm³/mol. The van der Waals surface area contributed by atoms with Crippen LogP contribution in [0.1, 0.15) is 37.5 Å². The number of rotatable bonds is 0. The van der Waals surface area contributed by atoms with Gasteiger partial charge in [-0.05, 0) is 47.4 Å². The molecule has 0 radical (unpaired) electrons. The van der Waals surface area contributed by atoms with Gasteiger partial charge in [0.25, 0.3) is 5.69 Å². The molecule has 5 rings (SSSR count). The number of hydrogen-bond donors (Lipinski definition) is 0. The van der Waals surface area contributed by atoms with Crippen LogP contribution >= 0.6 is 0 Å². The molecule has 0 saturated heterocycles. The predicted octanol–water partition coefficient (Wildman–Crippen LogP) is 6.50. The third kappa shape index (κ3) is 2.24. The lowest BCUT2D eigenvalue weighted by Crippen LogP contribution is -2.34. The van der Waals surface area contributed by atoms with Gasteiger partial charge in [0.05, 0.1) is 10.9 Å². The molecule has 4 aromatic rings. The fourth-order valence-electron chi connectivity index (χ4n) is 4.67. The lowest BCUT2D eigenvalue weighted by atomic mass is 9.84. The summed E-state index contributed by atoms with van der Waals surface area (Å²) in [5.41, 5.74) is 7.77. The Bertz CT molecular complexity index is 1290. The summed E-state index contributed by atoms with van der Waals surface area (Å²) >= 11 is 0. The average Bonchev–Trinajstić information content (AvgIpc) is 2.64. The molecule has 140 valence electrons. The van der Waals surface area contributed by atoms with E-state index in [0.717, 1.165) is 11.5 Å². The topological polar surface area (TPSA) is 13.1 Å². The Hall–Kier alpha value is -2.87. The van der Waals surface area contributed by atoms with Crippen molar-refractivity contribution in [3.63, 3.8) is 0 Å². The van der Waals surface area contributed by atoms with E-state index in [4.69, 9.17) is 4.74 Å². The molecule has 0 N–H and O–H groups in total. The molecule has 0 amide bonds. The molecular formula is C26H26NO+. The number of aromatic nitrogens is 1. The minimum atomic E-state index is 0.0693. The van der Waals surface area contributed by atoms with Crippen molar-refractivity contribution in [1.82, 2.24) is 0 Å². The van der Waals surface area contributed by atoms with Crippen LogP contribution in [0.3, 0.4) is 0 Å². The molecule has 0 saturated carbocycles. The van der Waals surface area contributed by atoms with Gasteiger partial charge in [-0.2, -0.15) is 4.57 Å². The summed E-state index contributed by atoms with van der Waals surface area (Å²) < 4.78 is 8.80. The van der Waals surface area contributed by atoms with Crippen LogP contribution in [0, 0.1) is 13.8 Å². The van der Waals surface area contributed by atoms with Crippen molar-refractivity contribution < 1.29 is 9.30 Å². The van der Waals surface area contributed by atoms with Crippen molar-refractivity contribution in [1.29, 1.82) is 0 Å². The molecule has 0 fully saturated rings. The quantitative estimate of drug-likeness (QED) is 0.284. The van der Waals surface area contributed by atoms with E-state index in [1.807, 2.05) is 0 Å². The molecule has 28 heavy (non-hydrogen) atoms. The lowest BCUT2D eigenvalue weighted by Gasteiger charge is -2.24. The molecule has 1 aliphatic heterocycles. The zero-order chi connectivity index (χ0) is 19.8. The lowest BCUT2D eigenvalue weighted by molar-refractivity contribution is -0.633. The van der Waals surface area contributed by atoms with Crippen LogP contribution in [0.15, 0.2) is 48.5 Å². The Morgan fingerprint density at radius 2 is 1.64 bits per heavy atom. The van der Waals surface area contributed by atoms with E-state index < -0.39 is 0 Å². The maximum absolute atomic E-state index is 6.48. The number of aryl methyl sites for hydroxylation is 2. The van der Waals surface area contributed by atoms with E-state index >= 15 is 0 Å². The summed E-state index contributed by atoms with van der Waals surface area (Å²) in [5.74, 6) is 1.90. The van der Waals surface area contributed by atoms with Crippen LogP contribution in [-0.2, 0) is 12.5 Å². The summed E-state index contributed by atoms with van der Waals surface area (Å²) in [6.45, 7) is 11.2. The zero-order valence-electron chi connectivity index (χ0n) is 17.5. The highest BCUT2D eigenvalue weighted by Gasteiger charge is 2.32. The van der Waals surface area contributed by atoms with Crippen LogP contribution in [0.2, 0.25) is 0 Å². The first-order valence-corrected chi connectivity index (χ1v) is 9.95. The first-order valence-electron chi connectivity index (χ1n) is 9.95. The number of ether oxygens (including phenoxy) is 1. The summed E-state index contributed by atoms with van der Waals surface area (Å²) in [4.78, 5) is 0. The standard InChI is InChI=1S/C26H26NO/c1-15-13-17-9-7-12-21-24(17)23(16(15)2)25-22(28-21)14-18-19(26(3,4)5)10-8-11-20(18)27(25)6/h7-14H,1-6H3/q+1. The number of hydrogen-bond acceptors (Lipinski definition) is 1. The van der Waals surface area contributed by atoms with Crippen molar-refractivity contribution in [2.45, 2.75) is 40.0 Å². The van der Waals surface area contributed by atoms with Crippen molar-refractivity contribution in [2.75, 3.05) is 0 Å². The first-order chi connectivity index (χ1) is 13.3. The zero-order valence-corrected chi connectivity index (χ0v) is 17.5. The van der Waals surface area contributed by atoms with Crippen LogP contribution in [0.5, 0.6) is 11.5 Å². The molecule has 2 nitrogen and oxygen atoms in total. The molecule has 0 unspecified atom stereocenters. The number of fused-ring (bicyclic) bond motifs is 3. The van der Waals surface area contributed by atoms with E-state index in [9.17, 15) is 0 Å². The summed E-state index contributed by atoms with van der Waals surface area (Å²) in [7, 11) is 2.17. The van der Waals surface area contributed by atoms with Gasteiger partial charge < -0.3 is 4.74 Å². The van der Waals surface area contributed by atoms with Crippen molar-refractivity contribution in [2.24, 2.45) is 7.05 Å². The second-order valence-corrected chi connectivity index (χ2v) is 9.05. The van der Waals surface area contributed by atoms with E-state index in [1.165, 1.54) is 49.6 Å². The van der Waals surface area contributed by atoms with E-state index in [-0.39, 0.29) is 5.41 Å². The van der Waals surface area contributed by atoms with Gasteiger partial charge >= 0.3 is 0 Å². The monoisotopic (exact) mass is 368 g/mol. The molecule has 0 bridgehead atoms. The Balaban J connectivity index is 1.97. The van der Waals surface area contributed by atoms with Crippen molar-refractivity contribution in [3.05, 3.63) is 65.2 Å². The minimum absolute atomic E-state index is 0.0693. The molecule has 3 aromatic carbocycles. The maximum Gasteiger partial charge on any atom is 0.256 e. The second-order valence-electron chi connectivity index (χ2n) is 9.05. The van der Waals surface area contributed by atoms with Crippen LogP contribution in [0.4, 0.5) is 0 Å². The molecule has 1 aromatic heterocycles. The average molecular weight is 369 g/mol. The van der Waals surface area contributed by atoms with E-state index in [1.54, 1.807) is 0 Å². The van der Waals surface area contributed by atoms with Crippen LogP contribution in [-0.4, -0.2) is 0 Å². The number of benzene rings is 3. The highest BCUT2D eigenvalue weighted by atomic mass is 16.5. The highest BCUT2D eigenvalue weighted by molar-refractivity contribution is 6.05. The fraction of sp³-hybridized carbons (Fsp3) is 0.269. The van der Waals surface area contributed by atoms with Crippen molar-refractivity contribution >= 4 is 21.7 Å². The fourth-order valence-corrected chi connectivity index (χ4v) is 4.67. The van der Waals surface area contributed by atoms with Gasteiger partial charge in [-0.15, -0.1) is 0 Å². The maximum atomic E-state index is 6.48. The van der Waals surface area contributed by atoms with E-state index in [2.05, 4.69) is 94.8 Å². The molecule has 0 aliphatic carbocycles. The Kier molecular flexibility index (Phi) is 3.43.